The van der Waals surface area contributed by atoms with Crippen LogP contribution in [0.1, 0.15) is 44.9 Å². The summed E-state index contributed by atoms with van der Waals surface area (Å²) in [6, 6.07) is 0. The lowest BCUT2D eigenvalue weighted by atomic mass is 9.76. The van der Waals surface area contributed by atoms with Crippen LogP contribution in [-0.2, 0) is 16.4 Å². The van der Waals surface area contributed by atoms with Crippen LogP contribution in [0, 0.1) is 5.41 Å². The summed E-state index contributed by atoms with van der Waals surface area (Å²) in [4.78, 5) is 6.86. The molecule has 1 fully saturated rings. The average Bonchev–Trinajstić information content (AvgIpc) is 2.96. The van der Waals surface area contributed by atoms with Crippen LogP contribution in [-0.4, -0.2) is 30.8 Å². The predicted octanol–water partition coefficient (Wildman–Crippen LogP) is 2.44. The van der Waals surface area contributed by atoms with Gasteiger partial charge in [0.2, 0.25) is 0 Å². The van der Waals surface area contributed by atoms with Crippen molar-refractivity contribution in [2.24, 2.45) is 5.41 Å². The highest BCUT2D eigenvalue weighted by molar-refractivity contribution is 7.89. The first-order valence-electron chi connectivity index (χ1n) is 7.11. The summed E-state index contributed by atoms with van der Waals surface area (Å²) in [5, 5.41) is 0.134. The van der Waals surface area contributed by atoms with Crippen molar-refractivity contribution in [1.29, 1.82) is 0 Å². The number of nitrogens with one attached hydrogen (secondary N) is 2. The molecule has 1 heterocycles. The lowest BCUT2D eigenvalue weighted by Gasteiger charge is -2.35. The lowest BCUT2D eigenvalue weighted by Crippen LogP contribution is -2.40. The summed E-state index contributed by atoms with van der Waals surface area (Å²) in [6.45, 7) is 2.33. The number of nitrogens with zero attached hydrogens (tertiary/aromatic N) is 1. The maximum atomic E-state index is 12.2. The van der Waals surface area contributed by atoms with Crippen LogP contribution >= 0.6 is 11.6 Å². The molecule has 1 aromatic rings. The topological polar surface area (TPSA) is 74.8 Å². The molecule has 2 N–H and O–H groups in total. The van der Waals surface area contributed by atoms with Gasteiger partial charge in [-0.2, -0.15) is 0 Å². The van der Waals surface area contributed by atoms with E-state index in [1.54, 1.807) is 0 Å². The van der Waals surface area contributed by atoms with Gasteiger partial charge >= 0.3 is 0 Å². The molecule has 1 aliphatic rings. The van der Waals surface area contributed by atoms with Crippen molar-refractivity contribution in [2.75, 3.05) is 12.4 Å². The van der Waals surface area contributed by atoms with Crippen molar-refractivity contribution in [2.45, 2.75) is 50.5 Å². The van der Waals surface area contributed by atoms with Gasteiger partial charge in [0.1, 0.15) is 5.82 Å². The van der Waals surface area contributed by atoms with Crippen molar-refractivity contribution in [3.8, 4) is 0 Å². The Morgan fingerprint density at radius 1 is 1.40 bits per heavy atom. The van der Waals surface area contributed by atoms with Crippen molar-refractivity contribution >= 4 is 21.6 Å². The predicted molar refractivity (Wildman–Crippen MR) is 79.4 cm³/mol. The number of hydrogen-bond acceptors (Lipinski definition) is 3. The molecule has 2 rings (SSSR count). The highest BCUT2D eigenvalue weighted by atomic mass is 35.5. The maximum Gasteiger partial charge on any atom is 0.257 e. The Morgan fingerprint density at radius 2 is 2.10 bits per heavy atom. The molecule has 0 saturated heterocycles. The van der Waals surface area contributed by atoms with Crippen LogP contribution in [0.15, 0.2) is 11.2 Å². The summed E-state index contributed by atoms with van der Waals surface area (Å²) < 4.78 is 27.2. The molecule has 0 spiro atoms. The molecule has 5 nitrogen and oxygen atoms in total. The zero-order valence-electron chi connectivity index (χ0n) is 11.8. The highest BCUT2D eigenvalue weighted by Crippen LogP contribution is 2.37. The number of H-pyrrole nitrogens is 1. The van der Waals surface area contributed by atoms with E-state index in [1.807, 2.05) is 6.92 Å². The van der Waals surface area contributed by atoms with Crippen molar-refractivity contribution < 1.29 is 8.42 Å². The Balaban J connectivity index is 2.04. The number of rotatable bonds is 6. The zero-order valence-corrected chi connectivity index (χ0v) is 13.4. The second-order valence-corrected chi connectivity index (χ2v) is 7.57. The van der Waals surface area contributed by atoms with Crippen LogP contribution in [0.25, 0.3) is 0 Å². The number of aromatic amines is 1. The van der Waals surface area contributed by atoms with E-state index in [9.17, 15) is 8.42 Å². The third-order valence-electron chi connectivity index (χ3n) is 4.06. The fourth-order valence-electron chi connectivity index (χ4n) is 2.64. The summed E-state index contributed by atoms with van der Waals surface area (Å²) in [6.07, 6.45) is 7.49. The van der Waals surface area contributed by atoms with Gasteiger partial charge in [-0.15, -0.1) is 11.6 Å². The van der Waals surface area contributed by atoms with Gasteiger partial charge in [-0.1, -0.05) is 26.2 Å². The maximum absolute atomic E-state index is 12.2. The summed E-state index contributed by atoms with van der Waals surface area (Å²) in [5.41, 5.74) is -0.0967. The van der Waals surface area contributed by atoms with E-state index in [-0.39, 0.29) is 10.4 Å². The first-order chi connectivity index (χ1) is 9.51. The van der Waals surface area contributed by atoms with Gasteiger partial charge in [0.25, 0.3) is 10.0 Å². The van der Waals surface area contributed by atoms with E-state index in [4.69, 9.17) is 11.6 Å². The minimum absolute atomic E-state index is 0.0967. The SMILES string of the molecule is CCc1ncc(S(=O)(=O)NCC2(CCl)CCCCC2)[nH]1. The van der Waals surface area contributed by atoms with Gasteiger partial charge in [0, 0.05) is 18.8 Å². The van der Waals surface area contributed by atoms with Gasteiger partial charge in [0.15, 0.2) is 5.03 Å². The minimum atomic E-state index is -3.52. The Kier molecular flexibility index (Phi) is 5.09. The molecule has 0 atom stereocenters. The molecular formula is C13H22ClN3O2S. The van der Waals surface area contributed by atoms with Gasteiger partial charge in [-0.05, 0) is 18.3 Å². The number of sulfonamides is 1. The number of hydrogen-bond donors (Lipinski definition) is 2. The van der Waals surface area contributed by atoms with Crippen LogP contribution in [0.2, 0.25) is 0 Å². The molecule has 20 heavy (non-hydrogen) atoms. The Bertz CT molecular complexity index is 536. The summed E-state index contributed by atoms with van der Waals surface area (Å²) >= 11 is 6.08. The zero-order chi connectivity index (χ0) is 14.6. The molecule has 7 heteroatoms. The fraction of sp³-hybridized carbons (Fsp3) is 0.769. The number of imidazole rings is 1. The van der Waals surface area contributed by atoms with Gasteiger partial charge in [0.05, 0.1) is 6.20 Å². The van der Waals surface area contributed by atoms with E-state index >= 15 is 0 Å². The molecule has 114 valence electrons. The van der Waals surface area contributed by atoms with E-state index < -0.39 is 10.0 Å². The summed E-state index contributed by atoms with van der Waals surface area (Å²) in [5.74, 6) is 1.17. The van der Waals surface area contributed by atoms with Crippen LogP contribution < -0.4 is 4.72 Å². The minimum Gasteiger partial charge on any atom is -0.332 e. The van der Waals surface area contributed by atoms with Gasteiger partial charge in [-0.3, -0.25) is 0 Å². The van der Waals surface area contributed by atoms with E-state index in [0.717, 1.165) is 25.7 Å². The first-order valence-corrected chi connectivity index (χ1v) is 9.13. The quantitative estimate of drug-likeness (QED) is 0.791. The largest absolute Gasteiger partial charge is 0.332 e. The molecule has 1 aliphatic carbocycles. The van der Waals surface area contributed by atoms with Crippen LogP contribution in [0.5, 0.6) is 0 Å². The molecule has 0 aromatic carbocycles. The third-order valence-corrected chi connectivity index (χ3v) is 5.94. The molecule has 0 unspecified atom stereocenters. The molecule has 1 saturated carbocycles. The van der Waals surface area contributed by atoms with Crippen LogP contribution in [0.3, 0.4) is 0 Å². The van der Waals surface area contributed by atoms with Crippen molar-refractivity contribution in [3.05, 3.63) is 12.0 Å². The average molecular weight is 320 g/mol. The molecule has 0 radical (unpaired) electrons. The van der Waals surface area contributed by atoms with E-state index in [0.29, 0.717) is 24.7 Å². The summed E-state index contributed by atoms with van der Waals surface area (Å²) in [7, 11) is -3.52. The fourth-order valence-corrected chi connectivity index (χ4v) is 4.10. The molecule has 0 bridgehead atoms. The van der Waals surface area contributed by atoms with Crippen molar-refractivity contribution in [1.82, 2.24) is 14.7 Å². The molecule has 0 amide bonds. The first kappa shape index (κ1) is 15.8. The van der Waals surface area contributed by atoms with Crippen molar-refractivity contribution in [3.63, 3.8) is 0 Å². The smallest absolute Gasteiger partial charge is 0.257 e. The number of alkyl halides is 1. The van der Waals surface area contributed by atoms with Gasteiger partial charge < -0.3 is 4.98 Å². The Hall–Kier alpha value is -0.590. The Labute approximate surface area is 125 Å². The lowest BCUT2D eigenvalue weighted by molar-refractivity contribution is 0.223. The number of aromatic nitrogens is 2. The monoisotopic (exact) mass is 319 g/mol. The Morgan fingerprint density at radius 3 is 2.65 bits per heavy atom. The van der Waals surface area contributed by atoms with E-state index in [2.05, 4.69) is 14.7 Å². The van der Waals surface area contributed by atoms with E-state index in [1.165, 1.54) is 12.6 Å². The molecular weight excluding hydrogens is 298 g/mol. The third kappa shape index (κ3) is 3.54. The second-order valence-electron chi connectivity index (χ2n) is 5.57. The highest BCUT2D eigenvalue weighted by Gasteiger charge is 2.33. The standard InChI is InChI=1S/C13H22ClN3O2S/c1-2-11-15-8-12(17-11)20(18,19)16-10-13(9-14)6-4-3-5-7-13/h8,16H,2-7,9-10H2,1H3,(H,15,17). The molecule has 0 aliphatic heterocycles. The second kappa shape index (κ2) is 6.45. The number of halogens is 1. The van der Waals surface area contributed by atoms with Gasteiger partial charge in [-0.25, -0.2) is 18.1 Å². The number of aryl methyl sites for hydroxylation is 1. The molecule has 1 aromatic heterocycles. The van der Waals surface area contributed by atoms with Crippen LogP contribution in [0.4, 0.5) is 0 Å². The normalized spacial score (nSPS) is 19.1.